The molecule has 0 spiro atoms. The molecule has 0 aliphatic heterocycles. The highest BCUT2D eigenvalue weighted by Crippen LogP contribution is 2.57. The van der Waals surface area contributed by atoms with Crippen LogP contribution in [0.2, 0.25) is 0 Å². The molecule has 1 fully saturated rings. The first-order valence-electron chi connectivity index (χ1n) is 5.86. The fraction of sp³-hybridized carbons (Fsp3) is 0.500. The summed E-state index contributed by atoms with van der Waals surface area (Å²) in [6, 6.07) is 6.16. The first-order chi connectivity index (χ1) is 7.66. The lowest BCUT2D eigenvalue weighted by molar-refractivity contribution is -0.125. The molecule has 1 aromatic carbocycles. The Balaban J connectivity index is 2.17. The molecule has 84 valence electrons. The predicted molar refractivity (Wildman–Crippen MR) is 61.8 cm³/mol. The number of ether oxygens (including phenoxy) is 1. The molecule has 2 nitrogen and oxygen atoms in total. The third-order valence-electron chi connectivity index (χ3n) is 4.35. The van der Waals surface area contributed by atoms with E-state index in [9.17, 15) is 4.79 Å². The van der Waals surface area contributed by atoms with E-state index in [-0.39, 0.29) is 5.41 Å². The Morgan fingerprint density at radius 1 is 1.44 bits per heavy atom. The Morgan fingerprint density at radius 2 is 2.25 bits per heavy atom. The van der Waals surface area contributed by atoms with Gasteiger partial charge in [0.2, 0.25) is 0 Å². The van der Waals surface area contributed by atoms with Crippen molar-refractivity contribution in [3.05, 3.63) is 29.3 Å². The van der Waals surface area contributed by atoms with Gasteiger partial charge in [-0.15, -0.1) is 0 Å². The van der Waals surface area contributed by atoms with Crippen molar-refractivity contribution in [1.29, 1.82) is 0 Å². The molecule has 0 radical (unpaired) electrons. The minimum atomic E-state index is -0.156. The molecule has 1 saturated carbocycles. The van der Waals surface area contributed by atoms with Gasteiger partial charge in [0.05, 0.1) is 7.11 Å². The van der Waals surface area contributed by atoms with Gasteiger partial charge in [-0.2, -0.15) is 0 Å². The summed E-state index contributed by atoms with van der Waals surface area (Å²) in [6.45, 7) is 2.12. The van der Waals surface area contributed by atoms with Crippen LogP contribution in [0.25, 0.3) is 0 Å². The van der Waals surface area contributed by atoms with Crippen molar-refractivity contribution in [2.24, 2.45) is 5.41 Å². The summed E-state index contributed by atoms with van der Waals surface area (Å²) in [7, 11) is 1.71. The second kappa shape index (κ2) is 3.09. The van der Waals surface area contributed by atoms with Gasteiger partial charge in [0, 0.05) is 23.3 Å². The summed E-state index contributed by atoms with van der Waals surface area (Å²) in [6.07, 6.45) is 2.62. The van der Waals surface area contributed by atoms with E-state index in [2.05, 4.69) is 13.0 Å². The highest BCUT2D eigenvalue weighted by Gasteiger charge is 2.52. The van der Waals surface area contributed by atoms with Crippen molar-refractivity contribution in [3.63, 3.8) is 0 Å². The Hall–Kier alpha value is -1.31. The Kier molecular flexibility index (Phi) is 1.91. The number of carbonyl (C=O) groups excluding carboxylic acids is 1. The van der Waals surface area contributed by atoms with Crippen LogP contribution in [0.5, 0.6) is 5.75 Å². The maximum atomic E-state index is 12.0. The number of methoxy groups -OCH3 is 1. The third-order valence-corrected chi connectivity index (χ3v) is 4.35. The number of carbonyl (C=O) groups is 1. The summed E-state index contributed by atoms with van der Waals surface area (Å²) in [5.74, 6) is 1.77. The number of hydrogen-bond acceptors (Lipinski definition) is 2. The van der Waals surface area contributed by atoms with Crippen molar-refractivity contribution in [3.8, 4) is 5.75 Å². The lowest BCUT2D eigenvalue weighted by atomic mass is 9.80. The standard InChI is InChI=1S/C14H16O2/c1-14-8-9-4-3-5-11(16-2)13(9)10(14)6-7-12(14)15/h3-5,10H,6-8H2,1-2H3/t10-,14+/m1/s1. The van der Waals surface area contributed by atoms with Crippen molar-refractivity contribution in [2.75, 3.05) is 7.11 Å². The number of Topliss-reactive ketones (excluding diaryl/α,β-unsaturated/α-hetero) is 1. The smallest absolute Gasteiger partial charge is 0.139 e. The molecule has 0 heterocycles. The van der Waals surface area contributed by atoms with E-state index in [4.69, 9.17) is 4.74 Å². The zero-order valence-electron chi connectivity index (χ0n) is 9.75. The Morgan fingerprint density at radius 3 is 3.00 bits per heavy atom. The summed E-state index contributed by atoms with van der Waals surface area (Å²) in [5, 5.41) is 0. The van der Waals surface area contributed by atoms with E-state index in [0.717, 1.165) is 25.0 Å². The summed E-state index contributed by atoms with van der Waals surface area (Å²) in [5.41, 5.74) is 2.44. The van der Waals surface area contributed by atoms with Crippen LogP contribution in [0.3, 0.4) is 0 Å². The van der Waals surface area contributed by atoms with E-state index in [1.807, 2.05) is 12.1 Å². The molecular formula is C14H16O2. The van der Waals surface area contributed by atoms with E-state index in [0.29, 0.717) is 11.7 Å². The van der Waals surface area contributed by atoms with E-state index in [1.165, 1.54) is 11.1 Å². The average Bonchev–Trinajstić information content (AvgIpc) is 2.72. The highest BCUT2D eigenvalue weighted by molar-refractivity contribution is 5.90. The fourth-order valence-corrected chi connectivity index (χ4v) is 3.47. The molecule has 2 aliphatic carbocycles. The Labute approximate surface area is 95.6 Å². The normalized spacial score (nSPS) is 31.4. The molecule has 0 bridgehead atoms. The second-order valence-electron chi connectivity index (χ2n) is 5.14. The summed E-state index contributed by atoms with van der Waals surface area (Å²) in [4.78, 5) is 12.0. The third kappa shape index (κ3) is 1.05. The second-order valence-corrected chi connectivity index (χ2v) is 5.14. The van der Waals surface area contributed by atoms with Crippen molar-refractivity contribution < 1.29 is 9.53 Å². The van der Waals surface area contributed by atoms with Gasteiger partial charge in [0.25, 0.3) is 0 Å². The van der Waals surface area contributed by atoms with Crippen LogP contribution in [0.1, 0.15) is 36.8 Å². The minimum Gasteiger partial charge on any atom is -0.496 e. The fourth-order valence-electron chi connectivity index (χ4n) is 3.47. The van der Waals surface area contributed by atoms with Gasteiger partial charge in [-0.25, -0.2) is 0 Å². The van der Waals surface area contributed by atoms with Crippen LogP contribution >= 0.6 is 0 Å². The van der Waals surface area contributed by atoms with E-state index in [1.54, 1.807) is 7.11 Å². The van der Waals surface area contributed by atoms with Crippen LogP contribution in [0, 0.1) is 5.41 Å². The van der Waals surface area contributed by atoms with Crippen LogP contribution < -0.4 is 4.74 Å². The van der Waals surface area contributed by atoms with Gasteiger partial charge in [0.15, 0.2) is 0 Å². The number of hydrogen-bond donors (Lipinski definition) is 0. The predicted octanol–water partition coefficient (Wildman–Crippen LogP) is 2.70. The van der Waals surface area contributed by atoms with Gasteiger partial charge in [-0.05, 0) is 24.5 Å². The maximum Gasteiger partial charge on any atom is 0.139 e. The van der Waals surface area contributed by atoms with E-state index >= 15 is 0 Å². The van der Waals surface area contributed by atoms with Crippen LogP contribution in [0.15, 0.2) is 18.2 Å². The minimum absolute atomic E-state index is 0.156. The van der Waals surface area contributed by atoms with Gasteiger partial charge >= 0.3 is 0 Å². The van der Waals surface area contributed by atoms with E-state index < -0.39 is 0 Å². The van der Waals surface area contributed by atoms with Gasteiger partial charge in [0.1, 0.15) is 11.5 Å². The van der Waals surface area contributed by atoms with Gasteiger partial charge < -0.3 is 4.74 Å². The molecule has 2 aliphatic rings. The zero-order chi connectivity index (χ0) is 11.3. The molecular weight excluding hydrogens is 200 g/mol. The molecule has 0 unspecified atom stereocenters. The molecule has 0 amide bonds. The van der Waals surface area contributed by atoms with Crippen LogP contribution in [-0.4, -0.2) is 12.9 Å². The largest absolute Gasteiger partial charge is 0.496 e. The highest BCUT2D eigenvalue weighted by atomic mass is 16.5. The summed E-state index contributed by atoms with van der Waals surface area (Å²) < 4.78 is 5.43. The van der Waals surface area contributed by atoms with Crippen molar-refractivity contribution in [2.45, 2.75) is 32.1 Å². The molecule has 0 saturated heterocycles. The van der Waals surface area contributed by atoms with Crippen molar-refractivity contribution in [1.82, 2.24) is 0 Å². The molecule has 3 rings (SSSR count). The number of fused-ring (bicyclic) bond motifs is 3. The number of rotatable bonds is 1. The molecule has 2 atom stereocenters. The molecule has 0 aromatic heterocycles. The number of ketones is 1. The van der Waals surface area contributed by atoms with Gasteiger partial charge in [-0.3, -0.25) is 4.79 Å². The lowest BCUT2D eigenvalue weighted by Gasteiger charge is -2.22. The summed E-state index contributed by atoms with van der Waals surface area (Å²) >= 11 is 0. The Bertz CT molecular complexity index is 464. The first-order valence-corrected chi connectivity index (χ1v) is 5.86. The molecule has 0 N–H and O–H groups in total. The monoisotopic (exact) mass is 216 g/mol. The van der Waals surface area contributed by atoms with Crippen LogP contribution in [0.4, 0.5) is 0 Å². The maximum absolute atomic E-state index is 12.0. The zero-order valence-corrected chi connectivity index (χ0v) is 9.75. The molecule has 1 aromatic rings. The SMILES string of the molecule is COc1cccc2c1[C@H]1CCC(=O)[C@@]1(C)C2. The van der Waals surface area contributed by atoms with Gasteiger partial charge in [-0.1, -0.05) is 19.1 Å². The molecule has 16 heavy (non-hydrogen) atoms. The first kappa shape index (κ1) is 9.88. The topological polar surface area (TPSA) is 26.3 Å². The van der Waals surface area contributed by atoms with Crippen LogP contribution in [-0.2, 0) is 11.2 Å². The quantitative estimate of drug-likeness (QED) is 0.721. The number of benzene rings is 1. The van der Waals surface area contributed by atoms with Crippen molar-refractivity contribution >= 4 is 5.78 Å². The lowest BCUT2D eigenvalue weighted by Crippen LogP contribution is -2.24. The average molecular weight is 216 g/mol. The molecule has 2 heteroatoms.